The molecule has 8 heteroatoms. The van der Waals surface area contributed by atoms with Crippen molar-refractivity contribution in [1.82, 2.24) is 15.1 Å². The van der Waals surface area contributed by atoms with Gasteiger partial charge in [0.15, 0.2) is 5.82 Å². The monoisotopic (exact) mass is 393 g/mol. The molecule has 0 atom stereocenters. The number of anilines is 2. The summed E-state index contributed by atoms with van der Waals surface area (Å²) in [4.78, 5) is 32.6. The zero-order valence-corrected chi connectivity index (χ0v) is 16.2. The normalized spacial score (nSPS) is 10.5. The van der Waals surface area contributed by atoms with Crippen LogP contribution in [0, 0.1) is 0 Å². The van der Waals surface area contributed by atoms with Gasteiger partial charge in [0.1, 0.15) is 0 Å². The van der Waals surface area contributed by atoms with Crippen LogP contribution in [0.15, 0.2) is 53.3 Å². The first kappa shape index (κ1) is 20.2. The van der Waals surface area contributed by atoms with Crippen molar-refractivity contribution in [2.24, 2.45) is 0 Å². The third-order valence-corrected chi connectivity index (χ3v) is 4.12. The van der Waals surface area contributed by atoms with Crippen LogP contribution in [0.3, 0.4) is 0 Å². The van der Waals surface area contributed by atoms with Crippen LogP contribution in [0.1, 0.15) is 48.3 Å². The Morgan fingerprint density at radius 1 is 1.03 bits per heavy atom. The maximum absolute atomic E-state index is 12.2. The number of nitrogens with one attached hydrogen (secondary N) is 2. The number of rotatable bonds is 9. The fraction of sp³-hybridized carbons (Fsp3) is 0.286. The van der Waals surface area contributed by atoms with Crippen molar-refractivity contribution in [1.29, 1.82) is 0 Å². The zero-order chi connectivity index (χ0) is 20.5. The van der Waals surface area contributed by atoms with Crippen molar-refractivity contribution in [2.45, 2.75) is 39.0 Å². The molecule has 0 aliphatic rings. The summed E-state index contributed by atoms with van der Waals surface area (Å²) >= 11 is 0. The Morgan fingerprint density at radius 2 is 1.79 bits per heavy atom. The molecule has 0 spiro atoms. The molecule has 0 saturated heterocycles. The van der Waals surface area contributed by atoms with E-state index in [-0.39, 0.29) is 11.8 Å². The minimum Gasteiger partial charge on any atom is -0.339 e. The number of carbonyl (C=O) groups excluding carboxylic acids is 2. The second-order valence-electron chi connectivity index (χ2n) is 6.53. The molecule has 0 radical (unpaired) electrons. The molecule has 2 heterocycles. The molecule has 150 valence electrons. The summed E-state index contributed by atoms with van der Waals surface area (Å²) in [6.07, 6.45) is 6.37. The molecule has 0 aliphatic heterocycles. The number of carbonyl (C=O) groups is 2. The maximum Gasteiger partial charge on any atom is 0.255 e. The van der Waals surface area contributed by atoms with E-state index in [1.54, 1.807) is 48.8 Å². The van der Waals surface area contributed by atoms with Gasteiger partial charge >= 0.3 is 0 Å². The first-order valence-corrected chi connectivity index (χ1v) is 9.57. The number of amides is 2. The predicted molar refractivity (Wildman–Crippen MR) is 108 cm³/mol. The molecular weight excluding hydrogens is 370 g/mol. The minimum absolute atomic E-state index is 0.115. The third kappa shape index (κ3) is 6.24. The largest absolute Gasteiger partial charge is 0.339 e. The number of hydrogen-bond acceptors (Lipinski definition) is 6. The number of pyridine rings is 1. The molecule has 2 amide bonds. The summed E-state index contributed by atoms with van der Waals surface area (Å²) in [5.74, 6) is 0.911. The molecule has 8 nitrogen and oxygen atoms in total. The number of aryl methyl sites for hydroxylation is 2. The van der Waals surface area contributed by atoms with Crippen molar-refractivity contribution < 1.29 is 14.1 Å². The molecule has 0 saturated carbocycles. The third-order valence-electron chi connectivity index (χ3n) is 4.12. The first-order valence-electron chi connectivity index (χ1n) is 9.57. The van der Waals surface area contributed by atoms with Gasteiger partial charge in [0.05, 0.1) is 0 Å². The highest BCUT2D eigenvalue weighted by Crippen LogP contribution is 2.17. The summed E-state index contributed by atoms with van der Waals surface area (Å²) in [7, 11) is 0. The van der Waals surface area contributed by atoms with Gasteiger partial charge in [-0.15, -0.1) is 0 Å². The van der Waals surface area contributed by atoms with Crippen LogP contribution in [0.25, 0.3) is 0 Å². The molecule has 0 fully saturated rings. The fourth-order valence-electron chi connectivity index (χ4n) is 2.72. The van der Waals surface area contributed by atoms with E-state index in [9.17, 15) is 9.59 Å². The first-order chi connectivity index (χ1) is 14.1. The van der Waals surface area contributed by atoms with Crippen LogP contribution >= 0.6 is 0 Å². The number of benzene rings is 1. The van der Waals surface area contributed by atoms with Crippen molar-refractivity contribution in [3.8, 4) is 0 Å². The van der Waals surface area contributed by atoms with E-state index in [2.05, 4.69) is 32.7 Å². The standard InChI is InChI=1S/C21H23N5O3/c1-2-5-18-25-20(29-26-18)9-4-8-19(27)23-16-6-3-7-17(14-16)24-21(28)15-10-12-22-13-11-15/h3,6-7,10-14H,2,4-5,8-9H2,1H3,(H,23,27)(H,24,28). The molecule has 0 bridgehead atoms. The number of nitrogens with zero attached hydrogens (tertiary/aromatic N) is 3. The number of aromatic nitrogens is 3. The van der Waals surface area contributed by atoms with E-state index in [1.807, 2.05) is 0 Å². The lowest BCUT2D eigenvalue weighted by molar-refractivity contribution is -0.116. The highest BCUT2D eigenvalue weighted by atomic mass is 16.5. The topological polar surface area (TPSA) is 110 Å². The Hall–Kier alpha value is -3.55. The molecule has 1 aromatic carbocycles. The van der Waals surface area contributed by atoms with Gasteiger partial charge in [0, 0.05) is 48.6 Å². The van der Waals surface area contributed by atoms with Crippen LogP contribution in [0.5, 0.6) is 0 Å². The van der Waals surface area contributed by atoms with Crippen molar-refractivity contribution in [3.05, 3.63) is 66.1 Å². The maximum atomic E-state index is 12.2. The van der Waals surface area contributed by atoms with Gasteiger partial charge in [-0.25, -0.2) is 0 Å². The van der Waals surface area contributed by atoms with E-state index in [0.717, 1.165) is 12.8 Å². The van der Waals surface area contributed by atoms with Gasteiger partial charge in [-0.05, 0) is 43.2 Å². The van der Waals surface area contributed by atoms with E-state index >= 15 is 0 Å². The quantitative estimate of drug-likeness (QED) is 0.574. The molecule has 3 aromatic rings. The summed E-state index contributed by atoms with van der Waals surface area (Å²) in [6, 6.07) is 10.3. The molecule has 0 unspecified atom stereocenters. The number of hydrogen-bond donors (Lipinski definition) is 2. The fourth-order valence-corrected chi connectivity index (χ4v) is 2.72. The summed E-state index contributed by atoms with van der Waals surface area (Å²) in [5, 5.41) is 9.55. The smallest absolute Gasteiger partial charge is 0.255 e. The van der Waals surface area contributed by atoms with Crippen LogP contribution in [-0.4, -0.2) is 26.9 Å². The van der Waals surface area contributed by atoms with Gasteiger partial charge < -0.3 is 15.2 Å². The predicted octanol–water partition coefficient (Wildman–Crippen LogP) is 3.63. The molecule has 0 aliphatic carbocycles. The van der Waals surface area contributed by atoms with Crippen LogP contribution in [-0.2, 0) is 17.6 Å². The molecule has 3 rings (SSSR count). The molecule has 29 heavy (non-hydrogen) atoms. The van der Waals surface area contributed by atoms with Crippen LogP contribution < -0.4 is 10.6 Å². The second kappa shape index (κ2) is 10.1. The Kier molecular flexibility index (Phi) is 7.05. The molecule has 2 N–H and O–H groups in total. The Labute approximate surface area is 168 Å². The van der Waals surface area contributed by atoms with Crippen molar-refractivity contribution in [3.63, 3.8) is 0 Å². The van der Waals surface area contributed by atoms with Gasteiger partial charge in [-0.1, -0.05) is 18.1 Å². The van der Waals surface area contributed by atoms with E-state index in [1.165, 1.54) is 0 Å². The second-order valence-corrected chi connectivity index (χ2v) is 6.53. The van der Waals surface area contributed by atoms with E-state index in [4.69, 9.17) is 4.52 Å². The summed E-state index contributed by atoms with van der Waals surface area (Å²) in [5.41, 5.74) is 1.72. The summed E-state index contributed by atoms with van der Waals surface area (Å²) < 4.78 is 5.17. The van der Waals surface area contributed by atoms with Gasteiger partial charge in [0.2, 0.25) is 11.8 Å². The summed E-state index contributed by atoms with van der Waals surface area (Å²) in [6.45, 7) is 2.06. The Balaban J connectivity index is 1.47. The van der Waals surface area contributed by atoms with Gasteiger partial charge in [-0.2, -0.15) is 4.98 Å². The minimum atomic E-state index is -0.238. The van der Waals surface area contributed by atoms with Crippen LogP contribution in [0.4, 0.5) is 11.4 Å². The lowest BCUT2D eigenvalue weighted by Gasteiger charge is -2.09. The highest BCUT2D eigenvalue weighted by molar-refractivity contribution is 6.04. The van der Waals surface area contributed by atoms with Crippen molar-refractivity contribution >= 4 is 23.2 Å². The Morgan fingerprint density at radius 3 is 2.55 bits per heavy atom. The zero-order valence-electron chi connectivity index (χ0n) is 16.2. The van der Waals surface area contributed by atoms with Gasteiger partial charge in [0.25, 0.3) is 5.91 Å². The lowest BCUT2D eigenvalue weighted by Crippen LogP contribution is -2.14. The average molecular weight is 393 g/mol. The highest BCUT2D eigenvalue weighted by Gasteiger charge is 2.09. The van der Waals surface area contributed by atoms with Crippen LogP contribution in [0.2, 0.25) is 0 Å². The molecular formula is C21H23N5O3. The average Bonchev–Trinajstić information content (AvgIpc) is 3.16. The molecule has 2 aromatic heterocycles. The Bertz CT molecular complexity index is 956. The van der Waals surface area contributed by atoms with Crippen molar-refractivity contribution in [2.75, 3.05) is 10.6 Å². The van der Waals surface area contributed by atoms with E-state index < -0.39 is 0 Å². The lowest BCUT2D eigenvalue weighted by atomic mass is 10.2. The SMILES string of the molecule is CCCc1noc(CCCC(=O)Nc2cccc(NC(=O)c3ccncc3)c2)n1. The van der Waals surface area contributed by atoms with Gasteiger partial charge in [-0.3, -0.25) is 14.6 Å². The van der Waals surface area contributed by atoms with E-state index in [0.29, 0.717) is 47.9 Å².